The summed E-state index contributed by atoms with van der Waals surface area (Å²) in [6, 6.07) is 10.3. The van der Waals surface area contributed by atoms with Crippen LogP contribution in [0, 0.1) is 12.7 Å². The molecule has 6 nitrogen and oxygen atoms in total. The van der Waals surface area contributed by atoms with E-state index in [1.165, 1.54) is 22.5 Å². The van der Waals surface area contributed by atoms with E-state index in [2.05, 4.69) is 5.32 Å². The molecule has 2 aromatic carbocycles. The van der Waals surface area contributed by atoms with Gasteiger partial charge in [0.05, 0.1) is 10.9 Å². The van der Waals surface area contributed by atoms with Crippen LogP contribution >= 0.6 is 0 Å². The van der Waals surface area contributed by atoms with Crippen molar-refractivity contribution < 1.29 is 22.3 Å². The largest absolute Gasteiger partial charge is 0.484 e. The molecule has 0 bridgehead atoms. The lowest BCUT2D eigenvalue weighted by atomic mass is 10.1. The highest BCUT2D eigenvalue weighted by Gasteiger charge is 2.27. The zero-order valence-corrected chi connectivity index (χ0v) is 17.3. The van der Waals surface area contributed by atoms with E-state index in [1.54, 1.807) is 38.1 Å². The van der Waals surface area contributed by atoms with Crippen LogP contribution < -0.4 is 10.1 Å². The van der Waals surface area contributed by atoms with Crippen molar-refractivity contribution >= 4 is 15.9 Å². The molecule has 0 radical (unpaired) electrons. The van der Waals surface area contributed by atoms with Crippen molar-refractivity contribution in [3.05, 3.63) is 59.4 Å². The van der Waals surface area contributed by atoms with Gasteiger partial charge in [0.2, 0.25) is 10.0 Å². The van der Waals surface area contributed by atoms with Gasteiger partial charge in [-0.3, -0.25) is 4.79 Å². The predicted octanol–water partition coefficient (Wildman–Crippen LogP) is 3.17. The second kappa shape index (κ2) is 8.92. The van der Waals surface area contributed by atoms with Crippen LogP contribution in [-0.4, -0.2) is 38.3 Å². The van der Waals surface area contributed by atoms with Gasteiger partial charge in [-0.2, -0.15) is 4.31 Å². The zero-order valence-electron chi connectivity index (χ0n) is 16.5. The Morgan fingerprint density at radius 2 is 1.83 bits per heavy atom. The Morgan fingerprint density at radius 1 is 1.17 bits per heavy atom. The number of benzene rings is 2. The Bertz CT molecular complexity index is 971. The van der Waals surface area contributed by atoms with Crippen LogP contribution in [0.25, 0.3) is 0 Å². The minimum absolute atomic E-state index is 0.204. The summed E-state index contributed by atoms with van der Waals surface area (Å²) in [6.07, 6.45) is 1.76. The zero-order chi connectivity index (χ0) is 21.0. The maximum Gasteiger partial charge on any atom is 0.258 e. The molecule has 1 N–H and O–H groups in total. The number of carbonyl (C=O) groups is 1. The SMILES string of the molecule is Cc1cc(S(=O)(=O)N2CCCC2)ccc1OCC(=O)NC(C)c1ccc(F)cc1. The molecule has 1 aliphatic rings. The van der Waals surface area contributed by atoms with E-state index in [9.17, 15) is 17.6 Å². The van der Waals surface area contributed by atoms with E-state index in [4.69, 9.17) is 4.74 Å². The molecule has 0 spiro atoms. The third kappa shape index (κ3) is 5.13. The number of rotatable bonds is 7. The normalized spacial score (nSPS) is 15.8. The van der Waals surface area contributed by atoms with Gasteiger partial charge in [-0.25, -0.2) is 12.8 Å². The lowest BCUT2D eigenvalue weighted by Gasteiger charge is -2.17. The van der Waals surface area contributed by atoms with Gasteiger partial charge in [-0.15, -0.1) is 0 Å². The molecule has 0 saturated carbocycles. The molecule has 1 aliphatic heterocycles. The van der Waals surface area contributed by atoms with E-state index in [0.29, 0.717) is 24.4 Å². The highest BCUT2D eigenvalue weighted by Crippen LogP contribution is 2.26. The van der Waals surface area contributed by atoms with Crippen LogP contribution in [0.2, 0.25) is 0 Å². The Balaban J connectivity index is 1.59. The molecule has 0 aliphatic carbocycles. The molecule has 1 heterocycles. The van der Waals surface area contributed by atoms with Gasteiger partial charge < -0.3 is 10.1 Å². The highest BCUT2D eigenvalue weighted by atomic mass is 32.2. The number of sulfonamides is 1. The fraction of sp³-hybridized carbons (Fsp3) is 0.381. The number of nitrogens with zero attached hydrogens (tertiary/aromatic N) is 1. The van der Waals surface area contributed by atoms with Crippen molar-refractivity contribution in [2.24, 2.45) is 0 Å². The Morgan fingerprint density at radius 3 is 2.45 bits per heavy atom. The first-order valence-corrected chi connectivity index (χ1v) is 11.0. The number of hydrogen-bond acceptors (Lipinski definition) is 4. The number of carbonyl (C=O) groups excluding carboxylic acids is 1. The Hall–Kier alpha value is -2.45. The summed E-state index contributed by atoms with van der Waals surface area (Å²) in [5.41, 5.74) is 1.43. The summed E-state index contributed by atoms with van der Waals surface area (Å²) >= 11 is 0. The number of halogens is 1. The Labute approximate surface area is 170 Å². The third-order valence-corrected chi connectivity index (χ3v) is 6.85. The lowest BCUT2D eigenvalue weighted by Crippen LogP contribution is -2.31. The molecule has 29 heavy (non-hydrogen) atoms. The topological polar surface area (TPSA) is 75.7 Å². The molecule has 1 saturated heterocycles. The standard InChI is InChI=1S/C21H25FN2O4S/c1-15-13-19(29(26,27)24-11-3-4-12-24)9-10-20(15)28-14-21(25)23-16(2)17-5-7-18(22)8-6-17/h5-10,13,16H,3-4,11-12,14H2,1-2H3,(H,23,25). The van der Waals surface area contributed by atoms with Crippen molar-refractivity contribution in [3.8, 4) is 5.75 Å². The average molecular weight is 421 g/mol. The summed E-state index contributed by atoms with van der Waals surface area (Å²) in [5.74, 6) is -0.203. The molecule has 2 aromatic rings. The molecule has 3 rings (SSSR count). The third-order valence-electron chi connectivity index (χ3n) is 4.96. The quantitative estimate of drug-likeness (QED) is 0.747. The first-order chi connectivity index (χ1) is 13.8. The van der Waals surface area contributed by atoms with Crippen LogP contribution in [0.4, 0.5) is 4.39 Å². The van der Waals surface area contributed by atoms with Crippen molar-refractivity contribution in [2.45, 2.75) is 37.6 Å². The fourth-order valence-corrected chi connectivity index (χ4v) is 4.89. The minimum atomic E-state index is -3.49. The summed E-state index contributed by atoms with van der Waals surface area (Å²) < 4.78 is 45.3. The molecular formula is C21H25FN2O4S. The molecule has 1 unspecified atom stereocenters. The summed E-state index contributed by atoms with van der Waals surface area (Å²) in [5, 5.41) is 2.79. The highest BCUT2D eigenvalue weighted by molar-refractivity contribution is 7.89. The van der Waals surface area contributed by atoms with Gasteiger partial charge in [-0.1, -0.05) is 12.1 Å². The lowest BCUT2D eigenvalue weighted by molar-refractivity contribution is -0.123. The maximum atomic E-state index is 13.0. The van der Waals surface area contributed by atoms with Crippen molar-refractivity contribution in [1.29, 1.82) is 0 Å². The van der Waals surface area contributed by atoms with Gasteiger partial charge in [-0.05, 0) is 68.1 Å². The second-order valence-corrected chi connectivity index (χ2v) is 9.11. The van der Waals surface area contributed by atoms with E-state index in [1.807, 2.05) is 0 Å². The second-order valence-electron chi connectivity index (χ2n) is 7.17. The van der Waals surface area contributed by atoms with Crippen LogP contribution in [0.15, 0.2) is 47.4 Å². The first kappa shape index (κ1) is 21.3. The van der Waals surface area contributed by atoms with Gasteiger partial charge in [0, 0.05) is 13.1 Å². The Kier molecular flexibility index (Phi) is 6.54. The van der Waals surface area contributed by atoms with Crippen LogP contribution in [-0.2, 0) is 14.8 Å². The van der Waals surface area contributed by atoms with Gasteiger partial charge >= 0.3 is 0 Å². The summed E-state index contributed by atoms with van der Waals surface area (Å²) in [7, 11) is -3.49. The van der Waals surface area contributed by atoms with E-state index in [0.717, 1.165) is 18.4 Å². The van der Waals surface area contributed by atoms with Gasteiger partial charge in [0.1, 0.15) is 11.6 Å². The van der Waals surface area contributed by atoms with Crippen molar-refractivity contribution in [2.75, 3.05) is 19.7 Å². The van der Waals surface area contributed by atoms with Gasteiger partial charge in [0.15, 0.2) is 6.61 Å². The van der Waals surface area contributed by atoms with Crippen LogP contribution in [0.5, 0.6) is 5.75 Å². The van der Waals surface area contributed by atoms with E-state index >= 15 is 0 Å². The fourth-order valence-electron chi connectivity index (χ4n) is 3.28. The number of ether oxygens (including phenoxy) is 1. The summed E-state index contributed by atoms with van der Waals surface area (Å²) in [4.78, 5) is 12.4. The number of hydrogen-bond donors (Lipinski definition) is 1. The molecule has 1 amide bonds. The number of aryl methyl sites for hydroxylation is 1. The van der Waals surface area contributed by atoms with E-state index in [-0.39, 0.29) is 29.3 Å². The minimum Gasteiger partial charge on any atom is -0.484 e. The number of nitrogens with one attached hydrogen (secondary N) is 1. The van der Waals surface area contributed by atoms with Crippen molar-refractivity contribution in [1.82, 2.24) is 9.62 Å². The predicted molar refractivity (Wildman–Crippen MR) is 108 cm³/mol. The average Bonchev–Trinajstić information content (AvgIpc) is 3.23. The molecule has 156 valence electrons. The van der Waals surface area contributed by atoms with Crippen LogP contribution in [0.3, 0.4) is 0 Å². The van der Waals surface area contributed by atoms with Crippen molar-refractivity contribution in [3.63, 3.8) is 0 Å². The maximum absolute atomic E-state index is 13.0. The molecule has 1 atom stereocenters. The smallest absolute Gasteiger partial charge is 0.258 e. The van der Waals surface area contributed by atoms with Gasteiger partial charge in [0.25, 0.3) is 5.91 Å². The first-order valence-electron chi connectivity index (χ1n) is 9.56. The molecule has 8 heteroatoms. The number of amides is 1. The van der Waals surface area contributed by atoms with Crippen LogP contribution in [0.1, 0.15) is 36.9 Å². The molecular weight excluding hydrogens is 395 g/mol. The molecule has 1 fully saturated rings. The monoisotopic (exact) mass is 420 g/mol. The summed E-state index contributed by atoms with van der Waals surface area (Å²) in [6.45, 7) is 4.44. The van der Waals surface area contributed by atoms with E-state index < -0.39 is 10.0 Å². The molecule has 0 aromatic heterocycles.